The Morgan fingerprint density at radius 2 is 1.84 bits per heavy atom. The van der Waals surface area contributed by atoms with Gasteiger partial charge in [-0.1, -0.05) is 40.5 Å². The van der Waals surface area contributed by atoms with E-state index in [9.17, 15) is 18.1 Å². The first-order valence-corrected chi connectivity index (χ1v) is 18.9. The van der Waals surface area contributed by atoms with Crippen LogP contribution in [0.25, 0.3) is 10.9 Å². The van der Waals surface area contributed by atoms with E-state index in [0.717, 1.165) is 37.8 Å². The number of fused-ring (bicyclic) bond motifs is 1. The van der Waals surface area contributed by atoms with E-state index in [1.54, 1.807) is 30.3 Å². The van der Waals surface area contributed by atoms with Crippen LogP contribution >= 0.6 is 23.2 Å². The van der Waals surface area contributed by atoms with Gasteiger partial charge in [0.15, 0.2) is 0 Å². The molecule has 51 heavy (non-hydrogen) atoms. The zero-order chi connectivity index (χ0) is 36.7. The molecule has 1 aliphatic heterocycles. The Morgan fingerprint density at radius 1 is 1.10 bits per heavy atom. The second-order valence-electron chi connectivity index (χ2n) is 13.7. The van der Waals surface area contributed by atoms with Gasteiger partial charge in [-0.15, -0.1) is 5.10 Å². The number of nitrogens with one attached hydrogen (secondary N) is 2. The number of halogens is 3. The van der Waals surface area contributed by atoms with Crippen molar-refractivity contribution in [3.05, 3.63) is 99.7 Å². The minimum atomic E-state index is -3.54. The highest BCUT2D eigenvalue weighted by Gasteiger charge is 2.29. The van der Waals surface area contributed by atoms with Crippen molar-refractivity contribution in [2.24, 2.45) is 0 Å². The van der Waals surface area contributed by atoms with Crippen LogP contribution in [0, 0.1) is 17.1 Å². The summed E-state index contributed by atoms with van der Waals surface area (Å²) in [5.41, 5.74) is 4.03. The number of hydrogen-bond donors (Lipinski definition) is 2. The highest BCUT2D eigenvalue weighted by atomic mass is 35.5. The number of likely N-dealkylation sites (tertiary alicyclic amines) is 1. The number of sulfonamides is 1. The molecule has 1 fully saturated rings. The van der Waals surface area contributed by atoms with Gasteiger partial charge in [-0.05, 0) is 81.6 Å². The van der Waals surface area contributed by atoms with Gasteiger partial charge in [0.25, 0.3) is 0 Å². The molecular formula is C36H38Cl2FN9O2S. The monoisotopic (exact) mass is 749 g/mol. The molecule has 0 bridgehead atoms. The van der Waals surface area contributed by atoms with Crippen molar-refractivity contribution < 1.29 is 12.8 Å². The van der Waals surface area contributed by atoms with Crippen LogP contribution in [0.5, 0.6) is 0 Å². The van der Waals surface area contributed by atoms with Crippen LogP contribution in [0.2, 0.25) is 10.0 Å². The lowest BCUT2D eigenvalue weighted by Gasteiger charge is -2.40. The Hall–Kier alpha value is -4.48. The third-order valence-electron chi connectivity index (χ3n) is 9.22. The molecule has 0 saturated carbocycles. The van der Waals surface area contributed by atoms with Gasteiger partial charge >= 0.3 is 0 Å². The van der Waals surface area contributed by atoms with Crippen molar-refractivity contribution in [2.45, 2.75) is 51.2 Å². The number of nitriles is 1. The maximum Gasteiger partial charge on any atom is 0.231 e. The van der Waals surface area contributed by atoms with E-state index in [1.165, 1.54) is 35.7 Å². The Labute approximate surface area is 307 Å². The molecule has 0 radical (unpaired) electrons. The summed E-state index contributed by atoms with van der Waals surface area (Å²) in [6, 6.07) is 16.5. The summed E-state index contributed by atoms with van der Waals surface area (Å²) in [7, 11) is -2.04. The van der Waals surface area contributed by atoms with E-state index >= 15 is 0 Å². The predicted molar refractivity (Wildman–Crippen MR) is 201 cm³/mol. The maximum absolute atomic E-state index is 13.9. The molecule has 0 amide bonds. The van der Waals surface area contributed by atoms with Crippen LogP contribution in [0.3, 0.4) is 0 Å². The first-order chi connectivity index (χ1) is 24.1. The number of aromatic nitrogens is 4. The normalized spacial score (nSPS) is 15.0. The van der Waals surface area contributed by atoms with E-state index < -0.39 is 21.9 Å². The average molecular weight is 751 g/mol. The molecule has 1 saturated heterocycles. The lowest BCUT2D eigenvalue weighted by Crippen LogP contribution is -2.46. The zero-order valence-electron chi connectivity index (χ0n) is 28.8. The van der Waals surface area contributed by atoms with Gasteiger partial charge < -0.3 is 10.6 Å². The van der Waals surface area contributed by atoms with Crippen LogP contribution < -0.4 is 14.9 Å². The van der Waals surface area contributed by atoms with Crippen molar-refractivity contribution >= 4 is 66.9 Å². The largest absolute Gasteiger partial charge is 0.371 e. The van der Waals surface area contributed by atoms with Crippen molar-refractivity contribution in [1.29, 1.82) is 5.26 Å². The van der Waals surface area contributed by atoms with Gasteiger partial charge in [-0.3, -0.25) is 14.2 Å². The molecule has 266 valence electrons. The Bertz CT molecular complexity index is 2240. The second kappa shape index (κ2) is 14.3. The minimum absolute atomic E-state index is 0.0725. The van der Waals surface area contributed by atoms with Crippen molar-refractivity contribution in [2.75, 3.05) is 41.3 Å². The minimum Gasteiger partial charge on any atom is -0.371 e. The standard InChI is InChI=1S/C36H38Cl2FN9O2S/c1-36(2,3)47-13-11-26(12-14-47)48-21-32(44-45-48)34(22-7-6-8-27(15-22)46(4)51(5,49)50)43-31-17-24(37)16-28-33(23(19-40)20-41-35(28)31)42-25-9-10-30(39)29(38)18-25/h6-10,15-18,20-21,26,34,43H,11-14H2,1-5H3,(H,41,42)/t34-/m0/s1. The van der Waals surface area contributed by atoms with E-state index in [1.807, 2.05) is 16.9 Å². The molecule has 2 aromatic heterocycles. The lowest BCUT2D eigenvalue weighted by atomic mass is 9.98. The number of hydrogen-bond acceptors (Lipinski definition) is 9. The third kappa shape index (κ3) is 7.89. The average Bonchev–Trinajstić information content (AvgIpc) is 3.58. The lowest BCUT2D eigenvalue weighted by molar-refractivity contribution is 0.0866. The Kier molecular flexibility index (Phi) is 10.2. The Balaban J connectivity index is 1.43. The Morgan fingerprint density at radius 3 is 2.51 bits per heavy atom. The van der Waals surface area contributed by atoms with Crippen LogP contribution in [0.15, 0.2) is 67.0 Å². The molecule has 3 heterocycles. The van der Waals surface area contributed by atoms with Gasteiger partial charge in [-0.25, -0.2) is 17.5 Å². The van der Waals surface area contributed by atoms with Crippen LogP contribution in [-0.2, 0) is 10.0 Å². The number of piperidine rings is 1. The molecule has 2 N–H and O–H groups in total. The molecule has 5 aromatic rings. The summed E-state index contributed by atoms with van der Waals surface area (Å²) >= 11 is 12.8. The zero-order valence-corrected chi connectivity index (χ0v) is 31.2. The highest BCUT2D eigenvalue weighted by molar-refractivity contribution is 7.92. The maximum atomic E-state index is 13.9. The molecule has 15 heteroatoms. The molecule has 1 aliphatic rings. The van der Waals surface area contributed by atoms with Crippen molar-refractivity contribution in [3.8, 4) is 6.07 Å². The molecule has 6 rings (SSSR count). The van der Waals surface area contributed by atoms with Crippen molar-refractivity contribution in [3.63, 3.8) is 0 Å². The van der Waals surface area contributed by atoms with Crippen molar-refractivity contribution in [1.82, 2.24) is 24.9 Å². The number of nitrogens with zero attached hydrogens (tertiary/aromatic N) is 7. The fraction of sp³-hybridized carbons (Fsp3) is 0.333. The third-order valence-corrected chi connectivity index (χ3v) is 10.9. The number of anilines is 4. The highest BCUT2D eigenvalue weighted by Crippen LogP contribution is 2.38. The molecule has 1 atom stereocenters. The quantitative estimate of drug-likeness (QED) is 0.154. The second-order valence-corrected chi connectivity index (χ2v) is 16.5. The van der Waals surface area contributed by atoms with Gasteiger partial charge in [0.2, 0.25) is 10.0 Å². The fourth-order valence-corrected chi connectivity index (χ4v) is 7.19. The molecule has 0 aliphatic carbocycles. The first-order valence-electron chi connectivity index (χ1n) is 16.3. The summed E-state index contributed by atoms with van der Waals surface area (Å²) in [5.74, 6) is -0.568. The number of benzene rings is 3. The molecule has 3 aromatic carbocycles. The van der Waals surface area contributed by atoms with Gasteiger partial charge in [0.1, 0.15) is 17.6 Å². The van der Waals surface area contributed by atoms with Crippen LogP contribution in [-0.4, -0.2) is 65.2 Å². The fourth-order valence-electron chi connectivity index (χ4n) is 6.29. The van der Waals surface area contributed by atoms with E-state index in [0.29, 0.717) is 44.4 Å². The topological polar surface area (TPSA) is 132 Å². The SMILES string of the molecule is CN(c1cccc([C@H](Nc2cc(Cl)cc3c(Nc4ccc(F)c(Cl)c4)c(C#N)cnc23)c2cn(C3CCN(C(C)(C)C)CC3)nn2)c1)S(C)(=O)=O. The summed E-state index contributed by atoms with van der Waals surface area (Å²) in [5, 5.41) is 26.8. The van der Waals surface area contributed by atoms with Gasteiger partial charge in [0, 0.05) is 48.0 Å². The summed E-state index contributed by atoms with van der Waals surface area (Å²) in [4.78, 5) is 7.12. The number of pyridine rings is 1. The summed E-state index contributed by atoms with van der Waals surface area (Å²) in [6.07, 6.45) is 6.38. The smallest absolute Gasteiger partial charge is 0.231 e. The van der Waals surface area contributed by atoms with Gasteiger partial charge in [0.05, 0.1) is 57.7 Å². The predicted octanol–water partition coefficient (Wildman–Crippen LogP) is 7.92. The molecular weight excluding hydrogens is 712 g/mol. The summed E-state index contributed by atoms with van der Waals surface area (Å²) < 4.78 is 42.0. The van der Waals surface area contributed by atoms with Crippen LogP contribution in [0.1, 0.15) is 62.5 Å². The van der Waals surface area contributed by atoms with E-state index in [2.05, 4.69) is 57.7 Å². The van der Waals surface area contributed by atoms with E-state index in [4.69, 9.17) is 23.2 Å². The van der Waals surface area contributed by atoms with Gasteiger partial charge in [-0.2, -0.15) is 5.26 Å². The van der Waals surface area contributed by atoms with Crippen LogP contribution in [0.4, 0.5) is 27.1 Å². The van der Waals surface area contributed by atoms with E-state index in [-0.39, 0.29) is 22.2 Å². The molecule has 0 spiro atoms. The molecule has 11 nitrogen and oxygen atoms in total. The number of rotatable bonds is 9. The molecule has 0 unspecified atom stereocenters. The summed E-state index contributed by atoms with van der Waals surface area (Å²) in [6.45, 7) is 8.55. The first kappa shape index (κ1) is 36.3.